The number of nitrogens with one attached hydrogen (secondary N) is 1. The van der Waals surface area contributed by atoms with Gasteiger partial charge in [-0.25, -0.2) is 0 Å². The standard InChI is InChI=1S/C18H32N4O3/c1-20(16-3-2-5-19-6-4-16)18(24)15-13-17(23)22(14-15)8-7-21-9-11-25-12-10-21/h15-16,19H,2-14H2,1H3. The largest absolute Gasteiger partial charge is 0.379 e. The second kappa shape index (κ2) is 8.96. The fourth-order valence-corrected chi connectivity index (χ4v) is 4.10. The lowest BCUT2D eigenvalue weighted by atomic mass is 10.0. The number of ether oxygens (including phenoxy) is 1. The van der Waals surface area contributed by atoms with Crippen LogP contribution in [-0.4, -0.2) is 98.6 Å². The van der Waals surface area contributed by atoms with Crippen LogP contribution < -0.4 is 5.32 Å². The smallest absolute Gasteiger partial charge is 0.227 e. The van der Waals surface area contributed by atoms with Gasteiger partial charge in [-0.05, 0) is 32.4 Å². The van der Waals surface area contributed by atoms with E-state index in [1.54, 1.807) is 0 Å². The number of carbonyl (C=O) groups is 2. The lowest BCUT2D eigenvalue weighted by Gasteiger charge is -2.30. The van der Waals surface area contributed by atoms with Crippen LogP contribution in [0.2, 0.25) is 0 Å². The van der Waals surface area contributed by atoms with Gasteiger partial charge in [0.05, 0.1) is 19.1 Å². The average Bonchev–Trinajstić information content (AvgIpc) is 2.84. The highest BCUT2D eigenvalue weighted by molar-refractivity contribution is 5.89. The molecule has 2 atom stereocenters. The van der Waals surface area contributed by atoms with Crippen LogP contribution in [0.5, 0.6) is 0 Å². The van der Waals surface area contributed by atoms with E-state index in [0.717, 1.165) is 71.7 Å². The van der Waals surface area contributed by atoms with Crippen LogP contribution in [0, 0.1) is 5.92 Å². The summed E-state index contributed by atoms with van der Waals surface area (Å²) < 4.78 is 5.36. The Morgan fingerprint density at radius 3 is 2.84 bits per heavy atom. The highest BCUT2D eigenvalue weighted by atomic mass is 16.5. The normalized spacial score (nSPS) is 28.8. The Morgan fingerprint density at radius 2 is 2.04 bits per heavy atom. The molecule has 0 aromatic heterocycles. The molecule has 3 saturated heterocycles. The maximum atomic E-state index is 12.9. The van der Waals surface area contributed by atoms with Crippen molar-refractivity contribution in [1.29, 1.82) is 0 Å². The Hall–Kier alpha value is -1.18. The molecule has 0 aromatic rings. The van der Waals surface area contributed by atoms with E-state index in [0.29, 0.717) is 19.0 Å². The van der Waals surface area contributed by atoms with Gasteiger partial charge in [0.15, 0.2) is 0 Å². The minimum atomic E-state index is -0.168. The summed E-state index contributed by atoms with van der Waals surface area (Å²) in [6, 6.07) is 0.306. The molecule has 25 heavy (non-hydrogen) atoms. The Labute approximate surface area is 150 Å². The zero-order valence-corrected chi connectivity index (χ0v) is 15.4. The van der Waals surface area contributed by atoms with Crippen molar-refractivity contribution in [2.75, 3.05) is 66.1 Å². The number of carbonyl (C=O) groups excluding carboxylic acids is 2. The predicted molar refractivity (Wildman–Crippen MR) is 95.2 cm³/mol. The van der Waals surface area contributed by atoms with E-state index in [-0.39, 0.29) is 17.7 Å². The van der Waals surface area contributed by atoms with Gasteiger partial charge in [-0.1, -0.05) is 0 Å². The van der Waals surface area contributed by atoms with E-state index < -0.39 is 0 Å². The molecule has 0 radical (unpaired) electrons. The minimum Gasteiger partial charge on any atom is -0.379 e. The van der Waals surface area contributed by atoms with Crippen molar-refractivity contribution in [2.24, 2.45) is 5.92 Å². The summed E-state index contributed by atoms with van der Waals surface area (Å²) in [7, 11) is 1.92. The number of morpholine rings is 1. The zero-order valence-electron chi connectivity index (χ0n) is 15.4. The van der Waals surface area contributed by atoms with E-state index in [9.17, 15) is 9.59 Å². The second-order valence-electron chi connectivity index (χ2n) is 7.48. The number of likely N-dealkylation sites (tertiary alicyclic amines) is 1. The molecule has 3 rings (SSSR count). The summed E-state index contributed by atoms with van der Waals surface area (Å²) in [6.45, 7) is 7.60. The first-order chi connectivity index (χ1) is 12.1. The maximum Gasteiger partial charge on any atom is 0.227 e. The molecule has 3 heterocycles. The molecule has 2 amide bonds. The van der Waals surface area contributed by atoms with Crippen LogP contribution in [0.1, 0.15) is 25.7 Å². The summed E-state index contributed by atoms with van der Waals surface area (Å²) in [5.41, 5.74) is 0. The molecule has 3 aliphatic rings. The number of hydrogen-bond donors (Lipinski definition) is 1. The summed E-state index contributed by atoms with van der Waals surface area (Å²) in [6.07, 6.45) is 3.54. The molecule has 0 spiro atoms. The molecule has 3 aliphatic heterocycles. The predicted octanol–water partition coefficient (Wildman–Crippen LogP) is -0.232. The van der Waals surface area contributed by atoms with E-state index in [1.807, 2.05) is 16.8 Å². The Bertz CT molecular complexity index is 459. The molecule has 1 N–H and O–H groups in total. The van der Waals surface area contributed by atoms with Crippen molar-refractivity contribution in [1.82, 2.24) is 20.0 Å². The summed E-state index contributed by atoms with van der Waals surface area (Å²) in [5, 5.41) is 3.39. The van der Waals surface area contributed by atoms with E-state index in [2.05, 4.69) is 10.2 Å². The third-order valence-corrected chi connectivity index (χ3v) is 5.79. The lowest BCUT2D eigenvalue weighted by molar-refractivity contribution is -0.136. The van der Waals surface area contributed by atoms with Gasteiger partial charge in [-0.2, -0.15) is 0 Å². The van der Waals surface area contributed by atoms with Crippen molar-refractivity contribution >= 4 is 11.8 Å². The van der Waals surface area contributed by atoms with Crippen molar-refractivity contribution in [3.63, 3.8) is 0 Å². The van der Waals surface area contributed by atoms with Crippen LogP contribution in [0.4, 0.5) is 0 Å². The Kier molecular flexibility index (Phi) is 6.67. The first kappa shape index (κ1) is 18.6. The Morgan fingerprint density at radius 1 is 1.24 bits per heavy atom. The van der Waals surface area contributed by atoms with Gasteiger partial charge >= 0.3 is 0 Å². The van der Waals surface area contributed by atoms with Gasteiger partial charge < -0.3 is 19.9 Å². The van der Waals surface area contributed by atoms with Crippen LogP contribution in [0.15, 0.2) is 0 Å². The second-order valence-corrected chi connectivity index (χ2v) is 7.48. The summed E-state index contributed by atoms with van der Waals surface area (Å²) in [4.78, 5) is 31.3. The maximum absolute atomic E-state index is 12.9. The topological polar surface area (TPSA) is 65.1 Å². The minimum absolute atomic E-state index is 0.127. The van der Waals surface area contributed by atoms with Gasteiger partial charge in [0.25, 0.3) is 0 Å². The molecule has 0 saturated carbocycles. The monoisotopic (exact) mass is 352 g/mol. The lowest BCUT2D eigenvalue weighted by Crippen LogP contribution is -2.43. The molecular formula is C18H32N4O3. The van der Waals surface area contributed by atoms with Crippen LogP contribution >= 0.6 is 0 Å². The van der Waals surface area contributed by atoms with Crippen LogP contribution in [-0.2, 0) is 14.3 Å². The number of amides is 2. The number of nitrogens with zero attached hydrogens (tertiary/aromatic N) is 3. The van der Waals surface area contributed by atoms with Crippen LogP contribution in [0.25, 0.3) is 0 Å². The Balaban J connectivity index is 1.47. The highest BCUT2D eigenvalue weighted by Gasteiger charge is 2.37. The fraction of sp³-hybridized carbons (Fsp3) is 0.889. The zero-order chi connectivity index (χ0) is 17.6. The first-order valence-corrected chi connectivity index (χ1v) is 9.70. The fourth-order valence-electron chi connectivity index (χ4n) is 4.10. The SMILES string of the molecule is CN(C(=O)C1CC(=O)N(CCN2CCOCC2)C1)C1CCCNCC1. The van der Waals surface area contributed by atoms with Crippen molar-refractivity contribution < 1.29 is 14.3 Å². The summed E-state index contributed by atoms with van der Waals surface area (Å²) in [5.74, 6) is 0.107. The van der Waals surface area contributed by atoms with Gasteiger partial charge in [-0.15, -0.1) is 0 Å². The van der Waals surface area contributed by atoms with E-state index in [1.165, 1.54) is 0 Å². The molecule has 2 unspecified atom stereocenters. The molecule has 0 bridgehead atoms. The van der Waals surface area contributed by atoms with Crippen molar-refractivity contribution in [3.05, 3.63) is 0 Å². The number of hydrogen-bond acceptors (Lipinski definition) is 5. The third kappa shape index (κ3) is 4.92. The van der Waals surface area contributed by atoms with Crippen molar-refractivity contribution in [3.8, 4) is 0 Å². The molecular weight excluding hydrogens is 320 g/mol. The van der Waals surface area contributed by atoms with Gasteiger partial charge in [0.1, 0.15) is 0 Å². The van der Waals surface area contributed by atoms with E-state index >= 15 is 0 Å². The number of rotatable bonds is 5. The first-order valence-electron chi connectivity index (χ1n) is 9.70. The highest BCUT2D eigenvalue weighted by Crippen LogP contribution is 2.22. The molecule has 142 valence electrons. The molecule has 7 nitrogen and oxygen atoms in total. The van der Waals surface area contributed by atoms with Crippen molar-refractivity contribution in [2.45, 2.75) is 31.7 Å². The third-order valence-electron chi connectivity index (χ3n) is 5.79. The molecule has 7 heteroatoms. The quantitative estimate of drug-likeness (QED) is 0.740. The van der Waals surface area contributed by atoms with Gasteiger partial charge in [0.2, 0.25) is 11.8 Å². The van der Waals surface area contributed by atoms with Gasteiger partial charge in [-0.3, -0.25) is 14.5 Å². The summed E-state index contributed by atoms with van der Waals surface area (Å²) >= 11 is 0. The molecule has 0 aromatic carbocycles. The van der Waals surface area contributed by atoms with Gasteiger partial charge in [0, 0.05) is 52.2 Å². The van der Waals surface area contributed by atoms with Crippen LogP contribution in [0.3, 0.4) is 0 Å². The molecule has 3 fully saturated rings. The van der Waals surface area contributed by atoms with E-state index in [4.69, 9.17) is 4.74 Å². The average molecular weight is 352 g/mol. The molecule has 0 aliphatic carbocycles.